The SMILES string of the molecule is O=C(O)c1cccnc1C(=O)NC1CCCC1. The molecule has 2 rings (SSSR count). The third-order valence-electron chi connectivity index (χ3n) is 2.94. The molecule has 17 heavy (non-hydrogen) atoms. The van der Waals surface area contributed by atoms with Crippen molar-refractivity contribution in [3.8, 4) is 0 Å². The summed E-state index contributed by atoms with van der Waals surface area (Å²) >= 11 is 0. The second-order valence-electron chi connectivity index (χ2n) is 4.16. The van der Waals surface area contributed by atoms with Crippen LogP contribution in [0.4, 0.5) is 0 Å². The largest absolute Gasteiger partial charge is 0.478 e. The topological polar surface area (TPSA) is 79.3 Å². The van der Waals surface area contributed by atoms with Crippen molar-refractivity contribution in [3.63, 3.8) is 0 Å². The number of hydrogen-bond acceptors (Lipinski definition) is 3. The van der Waals surface area contributed by atoms with Gasteiger partial charge in [-0.3, -0.25) is 9.78 Å². The van der Waals surface area contributed by atoms with Gasteiger partial charge in [0.25, 0.3) is 5.91 Å². The van der Waals surface area contributed by atoms with Gasteiger partial charge >= 0.3 is 5.97 Å². The second kappa shape index (κ2) is 4.95. The number of amides is 1. The highest BCUT2D eigenvalue weighted by molar-refractivity contribution is 6.03. The maximum Gasteiger partial charge on any atom is 0.338 e. The van der Waals surface area contributed by atoms with E-state index < -0.39 is 11.9 Å². The molecule has 1 aromatic rings. The highest BCUT2D eigenvalue weighted by Crippen LogP contribution is 2.18. The Morgan fingerprint density at radius 3 is 2.71 bits per heavy atom. The summed E-state index contributed by atoms with van der Waals surface area (Å²) in [5.41, 5.74) is -0.0603. The molecule has 0 bridgehead atoms. The van der Waals surface area contributed by atoms with Gasteiger partial charge in [0.2, 0.25) is 0 Å². The van der Waals surface area contributed by atoms with Crippen LogP contribution in [0.5, 0.6) is 0 Å². The van der Waals surface area contributed by atoms with E-state index in [0.717, 1.165) is 25.7 Å². The van der Waals surface area contributed by atoms with Gasteiger partial charge in [-0.2, -0.15) is 0 Å². The fourth-order valence-electron chi connectivity index (χ4n) is 2.08. The van der Waals surface area contributed by atoms with Crippen molar-refractivity contribution in [3.05, 3.63) is 29.6 Å². The Bertz CT molecular complexity index is 439. The number of aromatic carboxylic acids is 1. The zero-order valence-corrected chi connectivity index (χ0v) is 9.35. The van der Waals surface area contributed by atoms with Crippen molar-refractivity contribution in [1.82, 2.24) is 10.3 Å². The Kier molecular flexibility index (Phi) is 3.37. The van der Waals surface area contributed by atoms with Crippen LogP contribution >= 0.6 is 0 Å². The lowest BCUT2D eigenvalue weighted by molar-refractivity contribution is 0.0689. The summed E-state index contributed by atoms with van der Waals surface area (Å²) in [4.78, 5) is 26.7. The molecule has 5 nitrogen and oxygen atoms in total. The van der Waals surface area contributed by atoms with E-state index in [0.29, 0.717) is 0 Å². The number of aromatic nitrogens is 1. The van der Waals surface area contributed by atoms with Crippen LogP contribution in [-0.4, -0.2) is 28.0 Å². The number of carbonyl (C=O) groups excluding carboxylic acids is 1. The van der Waals surface area contributed by atoms with Gasteiger partial charge in [0, 0.05) is 12.2 Å². The number of carboxylic acids is 1. The normalized spacial score (nSPS) is 15.8. The summed E-state index contributed by atoms with van der Waals surface area (Å²) in [5, 5.41) is 11.8. The van der Waals surface area contributed by atoms with E-state index >= 15 is 0 Å². The van der Waals surface area contributed by atoms with E-state index in [1.165, 1.54) is 18.3 Å². The van der Waals surface area contributed by atoms with Crippen LogP contribution in [0.25, 0.3) is 0 Å². The molecule has 0 spiro atoms. The number of pyridine rings is 1. The van der Waals surface area contributed by atoms with Crippen molar-refractivity contribution in [2.24, 2.45) is 0 Å². The minimum atomic E-state index is -1.13. The van der Waals surface area contributed by atoms with Gasteiger partial charge in [0.05, 0.1) is 5.56 Å². The molecule has 5 heteroatoms. The van der Waals surface area contributed by atoms with Gasteiger partial charge < -0.3 is 10.4 Å². The molecule has 1 saturated carbocycles. The first-order valence-electron chi connectivity index (χ1n) is 5.67. The van der Waals surface area contributed by atoms with Gasteiger partial charge in [0.1, 0.15) is 5.69 Å². The molecular formula is C12H14N2O3. The van der Waals surface area contributed by atoms with Crippen LogP contribution in [0.1, 0.15) is 46.5 Å². The Balaban J connectivity index is 2.15. The van der Waals surface area contributed by atoms with Gasteiger partial charge in [-0.1, -0.05) is 12.8 Å². The van der Waals surface area contributed by atoms with Crippen molar-refractivity contribution in [1.29, 1.82) is 0 Å². The average Bonchev–Trinajstić information content (AvgIpc) is 2.81. The lowest BCUT2D eigenvalue weighted by Crippen LogP contribution is -2.34. The van der Waals surface area contributed by atoms with Gasteiger partial charge in [-0.15, -0.1) is 0 Å². The van der Waals surface area contributed by atoms with Crippen molar-refractivity contribution < 1.29 is 14.7 Å². The fraction of sp³-hybridized carbons (Fsp3) is 0.417. The molecule has 0 radical (unpaired) electrons. The third-order valence-corrected chi connectivity index (χ3v) is 2.94. The molecule has 2 N–H and O–H groups in total. The van der Waals surface area contributed by atoms with E-state index in [1.54, 1.807) is 0 Å². The molecular weight excluding hydrogens is 220 g/mol. The van der Waals surface area contributed by atoms with Crippen molar-refractivity contribution >= 4 is 11.9 Å². The van der Waals surface area contributed by atoms with Crippen LogP contribution in [0.3, 0.4) is 0 Å². The standard InChI is InChI=1S/C12H14N2O3/c15-11(14-8-4-1-2-5-8)10-9(12(16)17)6-3-7-13-10/h3,6-8H,1-2,4-5H2,(H,14,15)(H,16,17). The van der Waals surface area contributed by atoms with Crippen molar-refractivity contribution in [2.45, 2.75) is 31.7 Å². The first-order valence-corrected chi connectivity index (χ1v) is 5.67. The molecule has 0 unspecified atom stereocenters. The fourth-order valence-corrected chi connectivity index (χ4v) is 2.08. The van der Waals surface area contributed by atoms with Crippen LogP contribution in [0.15, 0.2) is 18.3 Å². The predicted octanol–water partition coefficient (Wildman–Crippen LogP) is 1.45. The van der Waals surface area contributed by atoms with Gasteiger partial charge in [0.15, 0.2) is 0 Å². The summed E-state index contributed by atoms with van der Waals surface area (Å²) < 4.78 is 0. The molecule has 0 aliphatic heterocycles. The quantitative estimate of drug-likeness (QED) is 0.829. The monoisotopic (exact) mass is 234 g/mol. The van der Waals surface area contributed by atoms with E-state index in [9.17, 15) is 9.59 Å². The van der Waals surface area contributed by atoms with E-state index in [-0.39, 0.29) is 17.3 Å². The van der Waals surface area contributed by atoms with E-state index in [2.05, 4.69) is 10.3 Å². The van der Waals surface area contributed by atoms with E-state index in [1.807, 2.05) is 0 Å². The molecule has 1 fully saturated rings. The molecule has 1 heterocycles. The van der Waals surface area contributed by atoms with Crippen LogP contribution < -0.4 is 5.32 Å². The number of nitrogens with one attached hydrogen (secondary N) is 1. The molecule has 1 aromatic heterocycles. The Labute approximate surface area is 98.9 Å². The summed E-state index contributed by atoms with van der Waals surface area (Å²) in [7, 11) is 0. The number of hydrogen-bond donors (Lipinski definition) is 2. The summed E-state index contributed by atoms with van der Waals surface area (Å²) in [6.07, 6.45) is 5.57. The van der Waals surface area contributed by atoms with Crippen LogP contribution in [-0.2, 0) is 0 Å². The first-order chi connectivity index (χ1) is 8.18. The maximum absolute atomic E-state index is 11.9. The molecule has 1 aliphatic carbocycles. The van der Waals surface area contributed by atoms with Gasteiger partial charge in [-0.25, -0.2) is 4.79 Å². The summed E-state index contributed by atoms with van der Waals surface area (Å²) in [5.74, 6) is -1.52. The molecule has 0 saturated heterocycles. The maximum atomic E-state index is 11.9. The molecule has 90 valence electrons. The Hall–Kier alpha value is -1.91. The van der Waals surface area contributed by atoms with Crippen LogP contribution in [0, 0.1) is 0 Å². The number of carboxylic acid groups (broad SMARTS) is 1. The molecule has 0 aromatic carbocycles. The molecule has 1 aliphatic rings. The zero-order chi connectivity index (χ0) is 12.3. The number of carbonyl (C=O) groups is 2. The van der Waals surface area contributed by atoms with Crippen molar-refractivity contribution in [2.75, 3.05) is 0 Å². The lowest BCUT2D eigenvalue weighted by Gasteiger charge is -2.12. The first kappa shape index (κ1) is 11.6. The summed E-state index contributed by atoms with van der Waals surface area (Å²) in [6, 6.07) is 3.06. The highest BCUT2D eigenvalue weighted by Gasteiger charge is 2.22. The lowest BCUT2D eigenvalue weighted by atomic mass is 10.1. The minimum absolute atomic E-state index is 0.00750. The molecule has 1 amide bonds. The zero-order valence-electron chi connectivity index (χ0n) is 9.35. The van der Waals surface area contributed by atoms with Gasteiger partial charge in [-0.05, 0) is 25.0 Å². The average molecular weight is 234 g/mol. The van der Waals surface area contributed by atoms with Crippen LogP contribution in [0.2, 0.25) is 0 Å². The highest BCUT2D eigenvalue weighted by atomic mass is 16.4. The van der Waals surface area contributed by atoms with E-state index in [4.69, 9.17) is 5.11 Å². The number of rotatable bonds is 3. The Morgan fingerprint density at radius 2 is 2.06 bits per heavy atom. The molecule has 0 atom stereocenters. The Morgan fingerprint density at radius 1 is 1.35 bits per heavy atom. The predicted molar refractivity (Wildman–Crippen MR) is 60.9 cm³/mol. The number of nitrogens with zero attached hydrogens (tertiary/aromatic N) is 1. The smallest absolute Gasteiger partial charge is 0.338 e. The third kappa shape index (κ3) is 2.61. The summed E-state index contributed by atoms with van der Waals surface area (Å²) in [6.45, 7) is 0. The minimum Gasteiger partial charge on any atom is -0.478 e. The second-order valence-corrected chi connectivity index (χ2v) is 4.16.